The Balaban J connectivity index is 1.98. The molecule has 1 aliphatic rings. The van der Waals surface area contributed by atoms with Crippen LogP contribution >= 0.6 is 23.2 Å². The first-order valence-corrected chi connectivity index (χ1v) is 7.32. The molecular formula is C14H19Cl2NO. The molecule has 0 saturated heterocycles. The van der Waals surface area contributed by atoms with Crippen LogP contribution in [0.2, 0.25) is 10.0 Å². The average Bonchev–Trinajstić information content (AvgIpc) is 2.85. The van der Waals surface area contributed by atoms with E-state index in [0.29, 0.717) is 16.1 Å². The Morgan fingerprint density at radius 1 is 1.33 bits per heavy atom. The SMILES string of the molecule is CCC(NOC1CCCC1)c1ccc(Cl)cc1Cl. The maximum Gasteiger partial charge on any atom is 0.0790 e. The number of hydrogen-bond acceptors (Lipinski definition) is 2. The Labute approximate surface area is 119 Å². The molecule has 0 radical (unpaired) electrons. The lowest BCUT2D eigenvalue weighted by Gasteiger charge is -2.21. The van der Waals surface area contributed by atoms with Gasteiger partial charge in [-0.2, -0.15) is 5.48 Å². The first kappa shape index (κ1) is 14.1. The van der Waals surface area contributed by atoms with Crippen molar-refractivity contribution in [3.63, 3.8) is 0 Å². The third-order valence-electron chi connectivity index (χ3n) is 3.43. The molecule has 1 unspecified atom stereocenters. The number of hydrogen-bond donors (Lipinski definition) is 1. The van der Waals surface area contributed by atoms with E-state index in [2.05, 4.69) is 12.4 Å². The van der Waals surface area contributed by atoms with E-state index >= 15 is 0 Å². The highest BCUT2D eigenvalue weighted by atomic mass is 35.5. The molecule has 1 aliphatic carbocycles. The van der Waals surface area contributed by atoms with Crippen LogP contribution in [0.5, 0.6) is 0 Å². The lowest BCUT2D eigenvalue weighted by Crippen LogP contribution is -2.26. The number of rotatable bonds is 5. The molecule has 18 heavy (non-hydrogen) atoms. The fourth-order valence-electron chi connectivity index (χ4n) is 2.34. The fraction of sp³-hybridized carbons (Fsp3) is 0.571. The van der Waals surface area contributed by atoms with E-state index < -0.39 is 0 Å². The largest absolute Gasteiger partial charge is 0.298 e. The second-order valence-electron chi connectivity index (χ2n) is 4.77. The van der Waals surface area contributed by atoms with Gasteiger partial charge in [0.2, 0.25) is 0 Å². The van der Waals surface area contributed by atoms with E-state index in [1.807, 2.05) is 12.1 Å². The molecule has 0 spiro atoms. The summed E-state index contributed by atoms with van der Waals surface area (Å²) in [6.07, 6.45) is 6.12. The molecule has 1 aromatic rings. The van der Waals surface area contributed by atoms with Gasteiger partial charge in [0.15, 0.2) is 0 Å². The van der Waals surface area contributed by atoms with Crippen LogP contribution in [-0.4, -0.2) is 6.10 Å². The van der Waals surface area contributed by atoms with Crippen molar-refractivity contribution in [3.8, 4) is 0 Å². The lowest BCUT2D eigenvalue weighted by molar-refractivity contribution is -0.0414. The van der Waals surface area contributed by atoms with Crippen LogP contribution in [0.1, 0.15) is 50.6 Å². The predicted molar refractivity (Wildman–Crippen MR) is 76.0 cm³/mol. The van der Waals surface area contributed by atoms with Gasteiger partial charge in [0.25, 0.3) is 0 Å². The molecule has 0 aromatic heterocycles. The maximum absolute atomic E-state index is 6.22. The number of hydroxylamine groups is 1. The number of benzene rings is 1. The molecule has 4 heteroatoms. The molecule has 2 rings (SSSR count). The standard InChI is InChI=1S/C14H19Cl2NO/c1-2-14(17-18-11-5-3-4-6-11)12-8-7-10(15)9-13(12)16/h7-9,11,14,17H,2-6H2,1H3. The minimum Gasteiger partial charge on any atom is -0.298 e. The zero-order valence-corrected chi connectivity index (χ0v) is 12.1. The van der Waals surface area contributed by atoms with Gasteiger partial charge in [-0.05, 0) is 37.0 Å². The van der Waals surface area contributed by atoms with Gasteiger partial charge in [0.1, 0.15) is 0 Å². The van der Waals surface area contributed by atoms with Crippen molar-refractivity contribution in [2.24, 2.45) is 0 Å². The van der Waals surface area contributed by atoms with Gasteiger partial charge < -0.3 is 0 Å². The zero-order valence-electron chi connectivity index (χ0n) is 10.6. The molecule has 1 fully saturated rings. The second-order valence-corrected chi connectivity index (χ2v) is 5.61. The summed E-state index contributed by atoms with van der Waals surface area (Å²) in [4.78, 5) is 5.75. The summed E-state index contributed by atoms with van der Waals surface area (Å²) in [5.74, 6) is 0. The molecule has 0 bridgehead atoms. The molecule has 1 N–H and O–H groups in total. The van der Waals surface area contributed by atoms with Crippen molar-refractivity contribution < 1.29 is 4.84 Å². The first-order chi connectivity index (χ1) is 8.70. The predicted octanol–water partition coefficient (Wildman–Crippen LogP) is 4.91. The second kappa shape index (κ2) is 6.76. The van der Waals surface area contributed by atoms with Gasteiger partial charge in [-0.1, -0.05) is 49.0 Å². The fourth-order valence-corrected chi connectivity index (χ4v) is 2.88. The van der Waals surface area contributed by atoms with Crippen molar-refractivity contribution in [2.45, 2.75) is 51.2 Å². The van der Waals surface area contributed by atoms with Crippen LogP contribution in [0.3, 0.4) is 0 Å². The van der Waals surface area contributed by atoms with Gasteiger partial charge in [-0.25, -0.2) is 0 Å². The van der Waals surface area contributed by atoms with Gasteiger partial charge in [-0.3, -0.25) is 4.84 Å². The van der Waals surface area contributed by atoms with Crippen LogP contribution in [0.4, 0.5) is 0 Å². The third-order valence-corrected chi connectivity index (χ3v) is 3.99. The van der Waals surface area contributed by atoms with E-state index in [1.54, 1.807) is 6.07 Å². The molecule has 0 heterocycles. The minimum atomic E-state index is 0.121. The summed E-state index contributed by atoms with van der Waals surface area (Å²) >= 11 is 12.1. The molecule has 2 nitrogen and oxygen atoms in total. The number of nitrogens with one attached hydrogen (secondary N) is 1. The maximum atomic E-state index is 6.22. The van der Waals surface area contributed by atoms with Crippen molar-refractivity contribution in [1.82, 2.24) is 5.48 Å². The molecular weight excluding hydrogens is 269 g/mol. The monoisotopic (exact) mass is 287 g/mol. The molecule has 100 valence electrons. The topological polar surface area (TPSA) is 21.3 Å². The highest BCUT2D eigenvalue weighted by Crippen LogP contribution is 2.29. The highest BCUT2D eigenvalue weighted by Gasteiger charge is 2.19. The Hall–Kier alpha value is -0.280. The van der Waals surface area contributed by atoms with Crippen LogP contribution in [0.15, 0.2) is 18.2 Å². The Morgan fingerprint density at radius 2 is 2.06 bits per heavy atom. The van der Waals surface area contributed by atoms with Crippen LogP contribution in [-0.2, 0) is 4.84 Å². The molecule has 1 atom stereocenters. The van der Waals surface area contributed by atoms with E-state index in [4.69, 9.17) is 28.0 Å². The van der Waals surface area contributed by atoms with Gasteiger partial charge in [0.05, 0.1) is 12.1 Å². The van der Waals surface area contributed by atoms with E-state index in [1.165, 1.54) is 12.8 Å². The number of halogens is 2. The summed E-state index contributed by atoms with van der Waals surface area (Å²) in [6, 6.07) is 5.72. The summed E-state index contributed by atoms with van der Waals surface area (Å²) in [7, 11) is 0. The first-order valence-electron chi connectivity index (χ1n) is 6.57. The molecule has 0 amide bonds. The smallest absolute Gasteiger partial charge is 0.0790 e. The van der Waals surface area contributed by atoms with Crippen LogP contribution in [0.25, 0.3) is 0 Å². The minimum absolute atomic E-state index is 0.121. The Morgan fingerprint density at radius 3 is 2.67 bits per heavy atom. The highest BCUT2D eigenvalue weighted by molar-refractivity contribution is 6.35. The molecule has 1 aromatic carbocycles. The summed E-state index contributed by atoms with van der Waals surface area (Å²) in [5.41, 5.74) is 4.20. The van der Waals surface area contributed by atoms with Gasteiger partial charge in [0, 0.05) is 10.0 Å². The quantitative estimate of drug-likeness (QED) is 0.777. The van der Waals surface area contributed by atoms with Gasteiger partial charge >= 0.3 is 0 Å². The van der Waals surface area contributed by atoms with Crippen LogP contribution < -0.4 is 5.48 Å². The zero-order chi connectivity index (χ0) is 13.0. The third kappa shape index (κ3) is 3.61. The lowest BCUT2D eigenvalue weighted by atomic mass is 10.1. The van der Waals surface area contributed by atoms with E-state index in [0.717, 1.165) is 24.8 Å². The summed E-state index contributed by atoms with van der Waals surface area (Å²) < 4.78 is 0. The van der Waals surface area contributed by atoms with Crippen molar-refractivity contribution in [1.29, 1.82) is 0 Å². The molecule has 1 saturated carbocycles. The summed E-state index contributed by atoms with van der Waals surface area (Å²) in [5, 5.41) is 1.35. The van der Waals surface area contributed by atoms with Crippen molar-refractivity contribution >= 4 is 23.2 Å². The van der Waals surface area contributed by atoms with E-state index in [-0.39, 0.29) is 6.04 Å². The van der Waals surface area contributed by atoms with Crippen LogP contribution in [0, 0.1) is 0 Å². The van der Waals surface area contributed by atoms with Crippen molar-refractivity contribution in [3.05, 3.63) is 33.8 Å². The van der Waals surface area contributed by atoms with Crippen molar-refractivity contribution in [2.75, 3.05) is 0 Å². The molecule has 0 aliphatic heterocycles. The summed E-state index contributed by atoms with van der Waals surface area (Å²) in [6.45, 7) is 2.11. The average molecular weight is 288 g/mol. The normalized spacial score (nSPS) is 18.2. The van der Waals surface area contributed by atoms with E-state index in [9.17, 15) is 0 Å². The Bertz CT molecular complexity index is 391. The Kier molecular flexibility index (Phi) is 5.31. The van der Waals surface area contributed by atoms with Gasteiger partial charge in [-0.15, -0.1) is 0 Å².